The van der Waals surface area contributed by atoms with E-state index in [-0.39, 0.29) is 0 Å². The molecule has 1 fully saturated rings. The predicted octanol–water partition coefficient (Wildman–Crippen LogP) is 3.98. The Kier molecular flexibility index (Phi) is 7.10. The summed E-state index contributed by atoms with van der Waals surface area (Å²) < 4.78 is 11.7. The number of hydrogen-bond donors (Lipinski definition) is 0. The minimum absolute atomic E-state index is 0.405. The summed E-state index contributed by atoms with van der Waals surface area (Å²) in [5.74, 6) is 1.20. The molecule has 0 unspecified atom stereocenters. The Labute approximate surface area is 192 Å². The zero-order chi connectivity index (χ0) is 22.3. The Balaban J connectivity index is 1.58. The summed E-state index contributed by atoms with van der Waals surface area (Å²) in [6.45, 7) is 3.25. The molecule has 2 aromatic carbocycles. The molecule has 7 nitrogen and oxygen atoms in total. The Morgan fingerprint density at radius 2 is 1.94 bits per heavy atom. The second kappa shape index (κ2) is 10.4. The van der Waals surface area contributed by atoms with Crippen molar-refractivity contribution in [2.24, 2.45) is 0 Å². The molecular weight excluding hydrogens is 422 g/mol. The summed E-state index contributed by atoms with van der Waals surface area (Å²) >= 11 is 1.52. The molecule has 4 rings (SSSR count). The highest BCUT2D eigenvalue weighted by molar-refractivity contribution is 7.99. The van der Waals surface area contributed by atoms with Crippen LogP contribution in [-0.2, 0) is 11.3 Å². The Morgan fingerprint density at radius 1 is 1.16 bits per heavy atom. The molecular formula is C24H25N5O2S. The van der Waals surface area contributed by atoms with E-state index in [2.05, 4.69) is 33.0 Å². The molecule has 8 heteroatoms. The van der Waals surface area contributed by atoms with Gasteiger partial charge in [-0.05, 0) is 42.0 Å². The molecule has 3 aromatic rings. The van der Waals surface area contributed by atoms with E-state index < -0.39 is 0 Å². The largest absolute Gasteiger partial charge is 0.472 e. The van der Waals surface area contributed by atoms with Crippen LogP contribution in [0, 0.1) is 11.3 Å². The van der Waals surface area contributed by atoms with E-state index in [0.717, 1.165) is 34.1 Å². The lowest BCUT2D eigenvalue weighted by molar-refractivity contribution is 0.122. The van der Waals surface area contributed by atoms with Crippen LogP contribution in [-0.4, -0.2) is 50.4 Å². The minimum atomic E-state index is 0.405. The van der Waals surface area contributed by atoms with Crippen LogP contribution in [0.1, 0.15) is 11.1 Å². The smallest absolute Gasteiger partial charge is 0.232 e. The maximum absolute atomic E-state index is 9.04. The number of morpholine rings is 1. The number of anilines is 2. The second-order valence-corrected chi connectivity index (χ2v) is 8.65. The number of benzene rings is 2. The van der Waals surface area contributed by atoms with E-state index >= 15 is 0 Å². The molecule has 0 atom stereocenters. The Morgan fingerprint density at radius 3 is 2.66 bits per heavy atom. The molecule has 0 amide bonds. The van der Waals surface area contributed by atoms with E-state index in [1.165, 1.54) is 11.8 Å². The molecule has 1 aliphatic rings. The van der Waals surface area contributed by atoms with Crippen LogP contribution in [0.15, 0.2) is 64.5 Å². The van der Waals surface area contributed by atoms with Gasteiger partial charge >= 0.3 is 0 Å². The van der Waals surface area contributed by atoms with Crippen molar-refractivity contribution in [1.29, 1.82) is 5.26 Å². The maximum atomic E-state index is 9.04. The van der Waals surface area contributed by atoms with Gasteiger partial charge in [0, 0.05) is 37.8 Å². The number of ether oxygens (including phenoxy) is 2. The average Bonchev–Trinajstić information content (AvgIpc) is 2.84. The lowest BCUT2D eigenvalue weighted by atomic mass is 10.2. The molecule has 1 aromatic heterocycles. The fraction of sp³-hybridized carbons (Fsp3) is 0.292. The topological polar surface area (TPSA) is 74.5 Å². The van der Waals surface area contributed by atoms with Crippen LogP contribution in [0.2, 0.25) is 0 Å². The van der Waals surface area contributed by atoms with Crippen molar-refractivity contribution < 1.29 is 9.47 Å². The van der Waals surface area contributed by atoms with Gasteiger partial charge in [-0.15, -0.1) is 0 Å². The lowest BCUT2D eigenvalue weighted by Crippen LogP contribution is -2.37. The quantitative estimate of drug-likeness (QED) is 0.538. The van der Waals surface area contributed by atoms with Gasteiger partial charge in [0.1, 0.15) is 6.61 Å². The summed E-state index contributed by atoms with van der Waals surface area (Å²) in [5.41, 5.74) is 2.82. The summed E-state index contributed by atoms with van der Waals surface area (Å²) in [6.07, 6.45) is 1.81. The molecule has 0 saturated carbocycles. The van der Waals surface area contributed by atoms with E-state index in [0.29, 0.717) is 37.2 Å². The van der Waals surface area contributed by atoms with Gasteiger partial charge in [0.2, 0.25) is 11.8 Å². The first kappa shape index (κ1) is 21.9. The second-order valence-electron chi connectivity index (χ2n) is 7.53. The van der Waals surface area contributed by atoms with Crippen molar-refractivity contribution in [2.75, 3.05) is 50.2 Å². The van der Waals surface area contributed by atoms with Crippen LogP contribution in [0.3, 0.4) is 0 Å². The first-order valence-electron chi connectivity index (χ1n) is 10.4. The fourth-order valence-electron chi connectivity index (χ4n) is 3.24. The van der Waals surface area contributed by atoms with Crippen LogP contribution in [0.4, 0.5) is 11.6 Å². The van der Waals surface area contributed by atoms with Crippen LogP contribution in [0.25, 0.3) is 0 Å². The highest BCUT2D eigenvalue weighted by atomic mass is 32.2. The maximum Gasteiger partial charge on any atom is 0.232 e. The number of nitrogens with zero attached hydrogens (tertiary/aromatic N) is 5. The third-order valence-corrected chi connectivity index (χ3v) is 6.03. The summed E-state index contributed by atoms with van der Waals surface area (Å²) in [6, 6.07) is 17.8. The number of rotatable bonds is 7. The van der Waals surface area contributed by atoms with Gasteiger partial charge in [0.25, 0.3) is 0 Å². The fourth-order valence-corrected chi connectivity index (χ4v) is 4.06. The predicted molar refractivity (Wildman–Crippen MR) is 125 cm³/mol. The molecule has 1 aliphatic heterocycles. The first-order chi connectivity index (χ1) is 15.6. The molecule has 164 valence electrons. The molecule has 32 heavy (non-hydrogen) atoms. The van der Waals surface area contributed by atoms with Gasteiger partial charge in [-0.3, -0.25) is 0 Å². The summed E-state index contributed by atoms with van der Waals surface area (Å²) in [5, 5.41) is 9.04. The number of nitriles is 1. The van der Waals surface area contributed by atoms with Gasteiger partial charge in [-0.2, -0.15) is 10.2 Å². The van der Waals surface area contributed by atoms with Crippen molar-refractivity contribution in [3.63, 3.8) is 0 Å². The Hall–Kier alpha value is -3.28. The summed E-state index contributed by atoms with van der Waals surface area (Å²) in [4.78, 5) is 15.3. The van der Waals surface area contributed by atoms with Gasteiger partial charge in [-0.1, -0.05) is 23.9 Å². The number of aromatic nitrogens is 2. The highest BCUT2D eigenvalue weighted by Gasteiger charge is 2.18. The van der Waals surface area contributed by atoms with Gasteiger partial charge in [0.05, 0.1) is 35.9 Å². The zero-order valence-corrected chi connectivity index (χ0v) is 19.0. The van der Waals surface area contributed by atoms with E-state index in [9.17, 15) is 0 Å². The molecule has 0 bridgehead atoms. The van der Waals surface area contributed by atoms with Crippen LogP contribution >= 0.6 is 11.8 Å². The average molecular weight is 448 g/mol. The van der Waals surface area contributed by atoms with Gasteiger partial charge in [0.15, 0.2) is 0 Å². The SMILES string of the molecule is CN(C)c1cccc(COc2nc(N3CCOCC3)ncc2Sc2ccc(C#N)cc2)c1. The van der Waals surface area contributed by atoms with Crippen molar-refractivity contribution >= 4 is 23.4 Å². The molecule has 2 heterocycles. The van der Waals surface area contributed by atoms with Crippen molar-refractivity contribution in [1.82, 2.24) is 9.97 Å². The molecule has 1 saturated heterocycles. The van der Waals surface area contributed by atoms with Gasteiger partial charge < -0.3 is 19.3 Å². The third-order valence-electron chi connectivity index (χ3n) is 5.02. The van der Waals surface area contributed by atoms with E-state index in [4.69, 9.17) is 19.7 Å². The van der Waals surface area contributed by atoms with Gasteiger partial charge in [-0.25, -0.2) is 4.98 Å². The van der Waals surface area contributed by atoms with Crippen molar-refractivity contribution in [2.45, 2.75) is 16.4 Å². The molecule has 0 N–H and O–H groups in total. The van der Waals surface area contributed by atoms with Crippen LogP contribution < -0.4 is 14.5 Å². The highest BCUT2D eigenvalue weighted by Crippen LogP contribution is 2.35. The monoisotopic (exact) mass is 447 g/mol. The third kappa shape index (κ3) is 5.49. The zero-order valence-electron chi connectivity index (χ0n) is 18.2. The summed E-state index contributed by atoms with van der Waals surface area (Å²) in [7, 11) is 4.04. The number of hydrogen-bond acceptors (Lipinski definition) is 8. The van der Waals surface area contributed by atoms with Crippen molar-refractivity contribution in [3.05, 3.63) is 65.9 Å². The van der Waals surface area contributed by atoms with Crippen LogP contribution in [0.5, 0.6) is 5.88 Å². The van der Waals surface area contributed by atoms with E-state index in [1.807, 2.05) is 44.6 Å². The molecule has 0 aliphatic carbocycles. The molecule has 0 spiro atoms. The minimum Gasteiger partial charge on any atom is -0.472 e. The standard InChI is InChI=1S/C24H25N5O2S/c1-28(2)20-5-3-4-19(14-20)17-31-23-22(32-21-8-6-18(15-25)7-9-21)16-26-24(27-23)29-10-12-30-13-11-29/h3-9,14,16H,10-13,17H2,1-2H3. The first-order valence-corrected chi connectivity index (χ1v) is 11.2. The van der Waals surface area contributed by atoms with E-state index in [1.54, 1.807) is 12.1 Å². The lowest BCUT2D eigenvalue weighted by Gasteiger charge is -2.27. The normalized spacial score (nSPS) is 13.5. The molecule has 0 radical (unpaired) electrons. The Bertz CT molecular complexity index is 1090. The van der Waals surface area contributed by atoms with Crippen molar-refractivity contribution in [3.8, 4) is 11.9 Å².